The van der Waals surface area contributed by atoms with Gasteiger partial charge in [0.2, 0.25) is 0 Å². The Morgan fingerprint density at radius 3 is 2.12 bits per heavy atom. The number of rotatable bonds is 7. The van der Waals surface area contributed by atoms with Crippen LogP contribution in [0.4, 0.5) is 0 Å². The number of aliphatic carboxylic acids is 1. The topological polar surface area (TPSA) is 63.6 Å². The first kappa shape index (κ1) is 17.5. The fourth-order valence-corrected chi connectivity index (χ4v) is 2.27. The molecule has 0 heterocycles. The summed E-state index contributed by atoms with van der Waals surface area (Å²) in [6.45, 7) is 1.83. The number of carboxylic acids is 1. The number of ether oxygens (including phenoxy) is 1. The van der Waals surface area contributed by atoms with Crippen molar-refractivity contribution in [3.05, 3.63) is 71.3 Å². The molecule has 0 bridgehead atoms. The molecule has 0 aliphatic rings. The summed E-state index contributed by atoms with van der Waals surface area (Å²) >= 11 is 0. The predicted octanol–water partition coefficient (Wildman–Crippen LogP) is 3.66. The summed E-state index contributed by atoms with van der Waals surface area (Å²) < 4.78 is 4.82. The van der Waals surface area contributed by atoms with E-state index in [0.29, 0.717) is 0 Å². The maximum absolute atomic E-state index is 11.7. The van der Waals surface area contributed by atoms with Crippen LogP contribution in [-0.2, 0) is 20.7 Å². The van der Waals surface area contributed by atoms with Crippen molar-refractivity contribution in [2.75, 3.05) is 6.61 Å². The third kappa shape index (κ3) is 5.09. The fourth-order valence-electron chi connectivity index (χ4n) is 2.27. The standard InChI is InChI=1S/C20H20O4/c1-2-24-20(23)18(19(21)22)14-17-12-10-16(11-13-17)9-8-15-6-4-3-5-7-15/h3-13,18H,2,14H2,1H3,(H,21,22)/b9-8+. The zero-order chi connectivity index (χ0) is 17.4. The molecule has 2 aromatic rings. The third-order valence-corrected chi connectivity index (χ3v) is 3.56. The highest BCUT2D eigenvalue weighted by atomic mass is 16.5. The highest BCUT2D eigenvalue weighted by Gasteiger charge is 2.27. The highest BCUT2D eigenvalue weighted by Crippen LogP contribution is 2.14. The van der Waals surface area contributed by atoms with Crippen molar-refractivity contribution >= 4 is 24.1 Å². The Labute approximate surface area is 141 Å². The van der Waals surface area contributed by atoms with Crippen LogP contribution in [0.15, 0.2) is 54.6 Å². The zero-order valence-corrected chi connectivity index (χ0v) is 13.5. The molecule has 0 fully saturated rings. The third-order valence-electron chi connectivity index (χ3n) is 3.56. The average molecular weight is 324 g/mol. The molecule has 0 aliphatic heterocycles. The molecule has 2 aromatic carbocycles. The second kappa shape index (κ2) is 8.67. The molecule has 0 radical (unpaired) electrons. The molecule has 0 saturated heterocycles. The lowest BCUT2D eigenvalue weighted by Gasteiger charge is -2.11. The Balaban J connectivity index is 2.04. The van der Waals surface area contributed by atoms with Crippen LogP contribution in [0.3, 0.4) is 0 Å². The molecular weight excluding hydrogens is 304 g/mol. The van der Waals surface area contributed by atoms with Gasteiger partial charge in [-0.3, -0.25) is 9.59 Å². The normalized spacial score (nSPS) is 12.0. The van der Waals surface area contributed by atoms with Crippen LogP contribution in [0.1, 0.15) is 23.6 Å². The van der Waals surface area contributed by atoms with Crippen molar-refractivity contribution < 1.29 is 19.4 Å². The SMILES string of the molecule is CCOC(=O)C(Cc1ccc(/C=C/c2ccccc2)cc1)C(=O)O. The molecule has 1 atom stereocenters. The molecule has 4 nitrogen and oxygen atoms in total. The molecule has 24 heavy (non-hydrogen) atoms. The lowest BCUT2D eigenvalue weighted by molar-refractivity contribution is -0.158. The van der Waals surface area contributed by atoms with Crippen LogP contribution in [0.25, 0.3) is 12.2 Å². The van der Waals surface area contributed by atoms with Crippen molar-refractivity contribution in [3.8, 4) is 0 Å². The maximum atomic E-state index is 11.7. The van der Waals surface area contributed by atoms with Gasteiger partial charge in [0, 0.05) is 0 Å². The summed E-state index contributed by atoms with van der Waals surface area (Å²) in [4.78, 5) is 22.9. The van der Waals surface area contributed by atoms with Crippen LogP contribution in [0, 0.1) is 5.92 Å². The van der Waals surface area contributed by atoms with Crippen LogP contribution in [-0.4, -0.2) is 23.7 Å². The van der Waals surface area contributed by atoms with E-state index in [0.717, 1.165) is 16.7 Å². The van der Waals surface area contributed by atoms with Gasteiger partial charge in [0.1, 0.15) is 0 Å². The first-order chi connectivity index (χ1) is 11.6. The Bertz CT molecular complexity index is 702. The number of carbonyl (C=O) groups excluding carboxylic acids is 1. The summed E-state index contributed by atoms with van der Waals surface area (Å²) in [5.41, 5.74) is 2.90. The first-order valence-electron chi connectivity index (χ1n) is 7.81. The minimum Gasteiger partial charge on any atom is -0.481 e. The van der Waals surface area contributed by atoms with Gasteiger partial charge in [-0.05, 0) is 30.0 Å². The van der Waals surface area contributed by atoms with E-state index in [4.69, 9.17) is 4.74 Å². The summed E-state index contributed by atoms with van der Waals surface area (Å²) in [5, 5.41) is 9.18. The smallest absolute Gasteiger partial charge is 0.320 e. The van der Waals surface area contributed by atoms with E-state index in [1.807, 2.05) is 66.7 Å². The monoisotopic (exact) mass is 324 g/mol. The van der Waals surface area contributed by atoms with Gasteiger partial charge < -0.3 is 9.84 Å². The van der Waals surface area contributed by atoms with Crippen LogP contribution in [0.5, 0.6) is 0 Å². The minimum absolute atomic E-state index is 0.122. The van der Waals surface area contributed by atoms with Gasteiger partial charge in [0.15, 0.2) is 5.92 Å². The molecule has 0 aromatic heterocycles. The summed E-state index contributed by atoms with van der Waals surface area (Å²) in [5.74, 6) is -3.03. The van der Waals surface area contributed by atoms with Gasteiger partial charge in [0.25, 0.3) is 0 Å². The van der Waals surface area contributed by atoms with Gasteiger partial charge in [0.05, 0.1) is 6.61 Å². The molecule has 0 amide bonds. The van der Waals surface area contributed by atoms with Gasteiger partial charge in [-0.2, -0.15) is 0 Å². The largest absolute Gasteiger partial charge is 0.481 e. The molecule has 1 unspecified atom stereocenters. The van der Waals surface area contributed by atoms with Crippen molar-refractivity contribution in [1.29, 1.82) is 0 Å². The average Bonchev–Trinajstić information content (AvgIpc) is 2.59. The molecule has 2 rings (SSSR count). The van der Waals surface area contributed by atoms with Crippen molar-refractivity contribution in [3.63, 3.8) is 0 Å². The first-order valence-corrected chi connectivity index (χ1v) is 7.81. The maximum Gasteiger partial charge on any atom is 0.320 e. The number of carboxylic acid groups (broad SMARTS) is 1. The fraction of sp³-hybridized carbons (Fsp3) is 0.200. The number of esters is 1. The van der Waals surface area contributed by atoms with Crippen molar-refractivity contribution in [2.45, 2.75) is 13.3 Å². The molecule has 0 aliphatic carbocycles. The Hall–Kier alpha value is -2.88. The Kier molecular flexibility index (Phi) is 6.32. The zero-order valence-electron chi connectivity index (χ0n) is 13.5. The van der Waals surface area contributed by atoms with E-state index in [-0.39, 0.29) is 13.0 Å². The van der Waals surface area contributed by atoms with Gasteiger partial charge in [-0.15, -0.1) is 0 Å². The predicted molar refractivity (Wildman–Crippen MR) is 93.3 cm³/mol. The molecular formula is C20H20O4. The van der Waals surface area contributed by atoms with E-state index in [1.54, 1.807) is 6.92 Å². The van der Waals surface area contributed by atoms with E-state index in [1.165, 1.54) is 0 Å². The Morgan fingerprint density at radius 2 is 1.58 bits per heavy atom. The van der Waals surface area contributed by atoms with E-state index in [2.05, 4.69) is 0 Å². The van der Waals surface area contributed by atoms with Gasteiger partial charge >= 0.3 is 11.9 Å². The van der Waals surface area contributed by atoms with Crippen LogP contribution >= 0.6 is 0 Å². The molecule has 0 saturated carbocycles. The second-order valence-electron chi connectivity index (χ2n) is 5.33. The summed E-state index contributed by atoms with van der Waals surface area (Å²) in [6, 6.07) is 17.4. The Morgan fingerprint density at radius 1 is 1.00 bits per heavy atom. The van der Waals surface area contributed by atoms with E-state index in [9.17, 15) is 14.7 Å². The lowest BCUT2D eigenvalue weighted by Crippen LogP contribution is -2.27. The number of carbonyl (C=O) groups is 2. The van der Waals surface area contributed by atoms with Gasteiger partial charge in [-0.1, -0.05) is 66.7 Å². The van der Waals surface area contributed by atoms with E-state index < -0.39 is 17.9 Å². The quantitative estimate of drug-likeness (QED) is 0.479. The molecule has 124 valence electrons. The van der Waals surface area contributed by atoms with Crippen LogP contribution in [0.2, 0.25) is 0 Å². The molecule has 0 spiro atoms. The second-order valence-corrected chi connectivity index (χ2v) is 5.33. The minimum atomic E-state index is -1.17. The van der Waals surface area contributed by atoms with Crippen molar-refractivity contribution in [2.24, 2.45) is 5.92 Å². The number of hydrogen-bond donors (Lipinski definition) is 1. The van der Waals surface area contributed by atoms with Crippen LogP contribution < -0.4 is 0 Å². The highest BCUT2D eigenvalue weighted by molar-refractivity contribution is 5.94. The lowest BCUT2D eigenvalue weighted by atomic mass is 9.98. The molecule has 1 N–H and O–H groups in total. The van der Waals surface area contributed by atoms with Gasteiger partial charge in [-0.25, -0.2) is 0 Å². The van der Waals surface area contributed by atoms with Crippen molar-refractivity contribution in [1.82, 2.24) is 0 Å². The number of hydrogen-bond acceptors (Lipinski definition) is 3. The summed E-state index contributed by atoms with van der Waals surface area (Å²) in [7, 11) is 0. The van der Waals surface area contributed by atoms with E-state index >= 15 is 0 Å². The summed E-state index contributed by atoms with van der Waals surface area (Å²) in [6.07, 6.45) is 4.11. The molecule has 4 heteroatoms. The number of benzene rings is 2.